The average molecular weight is 363 g/mol. The van der Waals surface area contributed by atoms with Gasteiger partial charge in [0, 0.05) is 6.92 Å². The summed E-state index contributed by atoms with van der Waals surface area (Å²) in [6, 6.07) is 9.90. The molecule has 0 fully saturated rings. The maximum Gasteiger partial charge on any atom is 0.190 e. The summed E-state index contributed by atoms with van der Waals surface area (Å²) in [7, 11) is 4.48. The van der Waals surface area contributed by atoms with Crippen molar-refractivity contribution >= 4 is 0 Å². The summed E-state index contributed by atoms with van der Waals surface area (Å²) >= 11 is 0. The first-order valence-electron chi connectivity index (χ1n) is 10.0. The third-order valence-electron chi connectivity index (χ3n) is 4.63. The van der Waals surface area contributed by atoms with Crippen molar-refractivity contribution in [2.24, 2.45) is 11.8 Å². The maximum absolute atomic E-state index is 6.04. The van der Waals surface area contributed by atoms with Crippen LogP contribution in [0.1, 0.15) is 47.5 Å². The third kappa shape index (κ3) is 9.40. The van der Waals surface area contributed by atoms with Gasteiger partial charge in [-0.2, -0.15) is 0 Å². The summed E-state index contributed by atoms with van der Waals surface area (Å²) in [4.78, 5) is 0. The second-order valence-corrected chi connectivity index (χ2v) is 8.65. The van der Waals surface area contributed by atoms with E-state index in [2.05, 4.69) is 54.8 Å². The van der Waals surface area contributed by atoms with Gasteiger partial charge in [0.15, 0.2) is 6.23 Å². The van der Waals surface area contributed by atoms with Crippen molar-refractivity contribution < 1.29 is 14.0 Å². The molecule has 0 aliphatic heterocycles. The van der Waals surface area contributed by atoms with E-state index in [1.54, 1.807) is 5.57 Å². The molecule has 0 aliphatic carbocycles. The van der Waals surface area contributed by atoms with Crippen LogP contribution in [0.5, 0.6) is 5.75 Å². The van der Waals surface area contributed by atoms with Crippen molar-refractivity contribution in [3.05, 3.63) is 42.0 Å². The van der Waals surface area contributed by atoms with E-state index in [1.165, 1.54) is 12.8 Å². The van der Waals surface area contributed by atoms with Crippen LogP contribution in [-0.2, 0) is 4.74 Å². The predicted molar refractivity (Wildman–Crippen MR) is 111 cm³/mol. The van der Waals surface area contributed by atoms with Crippen molar-refractivity contribution in [1.82, 2.24) is 0 Å². The Morgan fingerprint density at radius 3 is 2.04 bits per heavy atom. The zero-order valence-electron chi connectivity index (χ0n) is 18.0. The van der Waals surface area contributed by atoms with Gasteiger partial charge in [0.25, 0.3) is 0 Å². The molecule has 0 bridgehead atoms. The highest BCUT2D eigenvalue weighted by Gasteiger charge is 2.23. The molecule has 26 heavy (non-hydrogen) atoms. The minimum Gasteiger partial charge on any atom is -0.491 e. The van der Waals surface area contributed by atoms with E-state index in [4.69, 9.17) is 9.47 Å². The molecule has 0 spiro atoms. The molecule has 0 aromatic heterocycles. The summed E-state index contributed by atoms with van der Waals surface area (Å²) in [6.45, 7) is 13.5. The quantitative estimate of drug-likeness (QED) is 0.211. The van der Waals surface area contributed by atoms with Crippen molar-refractivity contribution in [3.8, 4) is 5.75 Å². The van der Waals surface area contributed by atoms with Crippen LogP contribution in [0.15, 0.2) is 42.0 Å². The van der Waals surface area contributed by atoms with Gasteiger partial charge in [0.2, 0.25) is 0 Å². The molecule has 1 unspecified atom stereocenters. The fourth-order valence-electron chi connectivity index (χ4n) is 2.91. The smallest absolute Gasteiger partial charge is 0.190 e. The van der Waals surface area contributed by atoms with E-state index < -0.39 is 0 Å². The van der Waals surface area contributed by atoms with Gasteiger partial charge < -0.3 is 14.0 Å². The van der Waals surface area contributed by atoms with Gasteiger partial charge in [-0.15, -0.1) is 0 Å². The number of para-hydroxylation sites is 1. The number of ether oxygens (including phenoxy) is 2. The Labute approximate surface area is 161 Å². The molecule has 0 radical (unpaired) electrons. The first-order valence-corrected chi connectivity index (χ1v) is 10.0. The second-order valence-electron chi connectivity index (χ2n) is 8.65. The topological polar surface area (TPSA) is 18.5 Å². The number of allylic oxidation sites excluding steroid dienone is 1. The highest BCUT2D eigenvalue weighted by Crippen LogP contribution is 2.20. The number of nitrogens with zero attached hydrogens (tertiary/aromatic N) is 1. The second kappa shape index (κ2) is 11.4. The van der Waals surface area contributed by atoms with Crippen LogP contribution in [0.2, 0.25) is 0 Å². The molecular formula is C23H40NO2+. The summed E-state index contributed by atoms with van der Waals surface area (Å²) in [5.74, 6) is 2.31. The molecule has 0 heterocycles. The summed E-state index contributed by atoms with van der Waals surface area (Å²) in [5.41, 5.74) is 1.58. The molecule has 3 nitrogen and oxygen atoms in total. The Morgan fingerprint density at radius 2 is 1.50 bits per heavy atom. The number of hydrogen-bond donors (Lipinski definition) is 0. The average Bonchev–Trinajstić information content (AvgIpc) is 2.56. The van der Waals surface area contributed by atoms with E-state index in [0.717, 1.165) is 16.8 Å². The highest BCUT2D eigenvalue weighted by atomic mass is 16.5. The standard InChI is InChI=1S/C23H40NO2/c1-19(2)17-22(18-20(3)4)13-14-24(6,7)21(5)25-15-16-26-23-11-9-8-10-12-23/h8-13,19-21H,14-18H2,1-7H3/q+1. The largest absolute Gasteiger partial charge is 0.491 e. The van der Waals surface area contributed by atoms with Gasteiger partial charge in [-0.1, -0.05) is 51.5 Å². The van der Waals surface area contributed by atoms with Crippen molar-refractivity contribution in [2.75, 3.05) is 33.9 Å². The van der Waals surface area contributed by atoms with Crippen LogP contribution < -0.4 is 4.74 Å². The molecule has 3 heteroatoms. The van der Waals surface area contributed by atoms with E-state index in [0.29, 0.717) is 25.0 Å². The normalized spacial score (nSPS) is 13.1. The zero-order chi connectivity index (χ0) is 19.6. The third-order valence-corrected chi connectivity index (χ3v) is 4.63. The van der Waals surface area contributed by atoms with Crippen LogP contribution in [0, 0.1) is 11.8 Å². The summed E-state index contributed by atoms with van der Waals surface area (Å²) in [6.07, 6.45) is 4.96. The first-order chi connectivity index (χ1) is 12.2. The predicted octanol–water partition coefficient (Wildman–Crippen LogP) is 5.52. The molecule has 0 N–H and O–H groups in total. The van der Waals surface area contributed by atoms with Crippen LogP contribution in [-0.4, -0.2) is 44.6 Å². The molecule has 148 valence electrons. The Hall–Kier alpha value is -1.32. The van der Waals surface area contributed by atoms with Crippen LogP contribution in [0.25, 0.3) is 0 Å². The van der Waals surface area contributed by atoms with Crippen LogP contribution in [0.4, 0.5) is 0 Å². The Balaban J connectivity index is 2.46. The molecule has 0 saturated heterocycles. The molecule has 0 amide bonds. The Bertz CT molecular complexity index is 508. The Morgan fingerprint density at radius 1 is 0.923 bits per heavy atom. The number of benzene rings is 1. The van der Waals surface area contributed by atoms with E-state index in [9.17, 15) is 0 Å². The summed E-state index contributed by atoms with van der Waals surface area (Å²) < 4.78 is 12.6. The van der Waals surface area contributed by atoms with Gasteiger partial charge in [0.05, 0.1) is 27.2 Å². The Kier molecular flexibility index (Phi) is 9.97. The van der Waals surface area contributed by atoms with Gasteiger partial charge in [-0.25, -0.2) is 0 Å². The van der Waals surface area contributed by atoms with E-state index >= 15 is 0 Å². The van der Waals surface area contributed by atoms with Crippen LogP contribution >= 0.6 is 0 Å². The lowest BCUT2D eigenvalue weighted by molar-refractivity contribution is -0.930. The molecular weight excluding hydrogens is 322 g/mol. The van der Waals surface area contributed by atoms with E-state index in [1.807, 2.05) is 30.3 Å². The van der Waals surface area contributed by atoms with E-state index in [-0.39, 0.29) is 6.23 Å². The number of hydrogen-bond acceptors (Lipinski definition) is 2. The van der Waals surface area contributed by atoms with Gasteiger partial charge in [0.1, 0.15) is 12.4 Å². The highest BCUT2D eigenvalue weighted by molar-refractivity contribution is 5.20. The first kappa shape index (κ1) is 22.7. The molecule has 1 atom stereocenters. The molecule has 1 rings (SSSR count). The monoisotopic (exact) mass is 362 g/mol. The molecule has 1 aromatic rings. The van der Waals surface area contributed by atoms with Crippen molar-refractivity contribution in [3.63, 3.8) is 0 Å². The number of rotatable bonds is 12. The van der Waals surface area contributed by atoms with Crippen LogP contribution in [0.3, 0.4) is 0 Å². The van der Waals surface area contributed by atoms with Gasteiger partial charge in [-0.3, -0.25) is 0 Å². The molecule has 0 aliphatic rings. The number of likely N-dealkylation sites (N-methyl/N-ethyl adjacent to an activating group) is 1. The fraction of sp³-hybridized carbons (Fsp3) is 0.652. The maximum atomic E-state index is 6.04. The van der Waals surface area contributed by atoms with Gasteiger partial charge >= 0.3 is 0 Å². The SMILES string of the molecule is CC(C)CC(=CC[N+](C)(C)C(C)OCCOc1ccccc1)CC(C)C. The lowest BCUT2D eigenvalue weighted by Gasteiger charge is -2.35. The summed E-state index contributed by atoms with van der Waals surface area (Å²) in [5, 5.41) is 0. The fourth-order valence-corrected chi connectivity index (χ4v) is 2.91. The number of quaternary nitrogens is 1. The zero-order valence-corrected chi connectivity index (χ0v) is 18.0. The molecule has 1 aromatic carbocycles. The van der Waals surface area contributed by atoms with Gasteiger partial charge in [-0.05, 0) is 42.9 Å². The van der Waals surface area contributed by atoms with Crippen molar-refractivity contribution in [2.45, 2.75) is 53.7 Å². The molecule has 0 saturated carbocycles. The van der Waals surface area contributed by atoms with Crippen molar-refractivity contribution in [1.29, 1.82) is 0 Å². The minimum absolute atomic E-state index is 0.130. The minimum atomic E-state index is 0.130. The lowest BCUT2D eigenvalue weighted by atomic mass is 9.94. The lowest BCUT2D eigenvalue weighted by Crippen LogP contribution is -2.49.